The third kappa shape index (κ3) is 1.59. The van der Waals surface area contributed by atoms with Crippen molar-refractivity contribution >= 4 is 11.6 Å². The zero-order chi connectivity index (χ0) is 11.7. The van der Waals surface area contributed by atoms with Crippen molar-refractivity contribution in [2.24, 2.45) is 5.73 Å². The van der Waals surface area contributed by atoms with Crippen LogP contribution in [0.15, 0.2) is 6.07 Å². The first-order chi connectivity index (χ1) is 6.86. The fourth-order valence-corrected chi connectivity index (χ4v) is 1.05. The molecule has 0 aromatic heterocycles. The fourth-order valence-electron chi connectivity index (χ4n) is 1.05. The molecule has 0 radical (unpaired) electrons. The molecule has 1 rings (SSSR count). The van der Waals surface area contributed by atoms with Gasteiger partial charge in [-0.1, -0.05) is 0 Å². The second kappa shape index (κ2) is 3.33. The number of aromatic hydroxyl groups is 3. The van der Waals surface area contributed by atoms with E-state index in [1.54, 1.807) is 0 Å². The molecule has 0 aliphatic rings. The quantitative estimate of drug-likeness (QED) is 0.396. The summed E-state index contributed by atoms with van der Waals surface area (Å²) in [5.41, 5.74) is 2.88. The van der Waals surface area contributed by atoms with Gasteiger partial charge in [-0.3, -0.25) is 14.9 Å². The number of benzene rings is 1. The number of primary amides is 1. The van der Waals surface area contributed by atoms with Crippen LogP contribution < -0.4 is 5.73 Å². The molecule has 1 aromatic carbocycles. The van der Waals surface area contributed by atoms with Gasteiger partial charge in [-0.2, -0.15) is 0 Å². The Morgan fingerprint density at radius 1 is 1.33 bits per heavy atom. The van der Waals surface area contributed by atoms with Crippen molar-refractivity contribution in [2.45, 2.75) is 0 Å². The second-order valence-electron chi connectivity index (χ2n) is 2.61. The summed E-state index contributed by atoms with van der Waals surface area (Å²) in [6, 6.07) is 0.554. The SMILES string of the molecule is NC(=O)c1c(O)cc(O)c([N+](=O)[O-])c1O. The molecular formula is C7H6N2O6. The number of hydrogen-bond acceptors (Lipinski definition) is 6. The van der Waals surface area contributed by atoms with Crippen LogP contribution in [0.2, 0.25) is 0 Å². The van der Waals surface area contributed by atoms with Crippen molar-refractivity contribution in [2.75, 3.05) is 0 Å². The molecular weight excluding hydrogens is 208 g/mol. The van der Waals surface area contributed by atoms with Crippen molar-refractivity contribution in [3.05, 3.63) is 21.7 Å². The van der Waals surface area contributed by atoms with Crippen molar-refractivity contribution in [1.29, 1.82) is 0 Å². The van der Waals surface area contributed by atoms with E-state index < -0.39 is 39.3 Å². The largest absolute Gasteiger partial charge is 0.507 e. The maximum atomic E-state index is 10.7. The van der Waals surface area contributed by atoms with E-state index in [0.29, 0.717) is 6.07 Å². The average Bonchev–Trinajstić information content (AvgIpc) is 1.99. The Kier molecular flexibility index (Phi) is 2.35. The molecule has 0 saturated carbocycles. The van der Waals surface area contributed by atoms with Crippen molar-refractivity contribution < 1.29 is 25.0 Å². The summed E-state index contributed by atoms with van der Waals surface area (Å²) in [5.74, 6) is -4.19. The van der Waals surface area contributed by atoms with Crippen molar-refractivity contribution in [1.82, 2.24) is 0 Å². The minimum atomic E-state index is -1.24. The number of nitrogens with zero attached hydrogens (tertiary/aromatic N) is 1. The van der Waals surface area contributed by atoms with Gasteiger partial charge >= 0.3 is 5.69 Å². The first kappa shape index (κ1) is 10.6. The molecule has 0 atom stereocenters. The predicted molar refractivity (Wildman–Crippen MR) is 46.6 cm³/mol. The van der Waals surface area contributed by atoms with E-state index in [9.17, 15) is 20.0 Å². The van der Waals surface area contributed by atoms with Crippen LogP contribution in [0.3, 0.4) is 0 Å². The van der Waals surface area contributed by atoms with E-state index in [4.69, 9.17) is 15.9 Å². The lowest BCUT2D eigenvalue weighted by Gasteiger charge is -2.05. The third-order valence-corrected chi connectivity index (χ3v) is 1.66. The molecule has 0 saturated heterocycles. The van der Waals surface area contributed by atoms with Gasteiger partial charge in [0.1, 0.15) is 11.3 Å². The molecule has 5 N–H and O–H groups in total. The fraction of sp³-hybridized carbons (Fsp3) is 0. The van der Waals surface area contributed by atoms with Crippen molar-refractivity contribution in [3.63, 3.8) is 0 Å². The molecule has 0 bridgehead atoms. The summed E-state index contributed by atoms with van der Waals surface area (Å²) in [5, 5.41) is 37.7. The van der Waals surface area contributed by atoms with Gasteiger partial charge in [-0.15, -0.1) is 0 Å². The van der Waals surface area contributed by atoms with Crippen molar-refractivity contribution in [3.8, 4) is 17.2 Å². The summed E-state index contributed by atoms with van der Waals surface area (Å²) < 4.78 is 0. The molecule has 0 fully saturated rings. The number of nitro benzene ring substituents is 1. The summed E-state index contributed by atoms with van der Waals surface area (Å²) in [6.07, 6.45) is 0. The molecule has 15 heavy (non-hydrogen) atoms. The van der Waals surface area contributed by atoms with E-state index in [0.717, 1.165) is 0 Å². The lowest BCUT2D eigenvalue weighted by molar-refractivity contribution is -0.386. The molecule has 8 heteroatoms. The monoisotopic (exact) mass is 214 g/mol. The number of amides is 1. The Hall–Kier alpha value is -2.51. The highest BCUT2D eigenvalue weighted by molar-refractivity contribution is 6.00. The normalized spacial score (nSPS) is 9.87. The predicted octanol–water partition coefficient (Wildman–Crippen LogP) is -0.190. The van der Waals surface area contributed by atoms with E-state index in [-0.39, 0.29) is 0 Å². The van der Waals surface area contributed by atoms with Gasteiger partial charge in [0.25, 0.3) is 5.91 Å². The van der Waals surface area contributed by atoms with Crippen LogP contribution in [-0.2, 0) is 0 Å². The summed E-state index contributed by atoms with van der Waals surface area (Å²) >= 11 is 0. The van der Waals surface area contributed by atoms with E-state index >= 15 is 0 Å². The van der Waals surface area contributed by atoms with Gasteiger partial charge in [-0.05, 0) is 0 Å². The number of carbonyl (C=O) groups excluding carboxylic acids is 1. The van der Waals surface area contributed by atoms with E-state index in [1.807, 2.05) is 0 Å². The highest BCUT2D eigenvalue weighted by atomic mass is 16.6. The van der Waals surface area contributed by atoms with Gasteiger partial charge in [0, 0.05) is 6.07 Å². The molecule has 0 aliphatic heterocycles. The minimum absolute atomic E-state index is 0.554. The zero-order valence-electron chi connectivity index (χ0n) is 7.17. The Morgan fingerprint density at radius 3 is 2.27 bits per heavy atom. The van der Waals surface area contributed by atoms with Gasteiger partial charge in [0.05, 0.1) is 4.92 Å². The smallest absolute Gasteiger partial charge is 0.353 e. The molecule has 0 spiro atoms. The number of carbonyl (C=O) groups is 1. The molecule has 0 unspecified atom stereocenters. The second-order valence-corrected chi connectivity index (χ2v) is 2.61. The van der Waals surface area contributed by atoms with Crippen LogP contribution in [0.4, 0.5) is 5.69 Å². The maximum absolute atomic E-state index is 10.7. The Morgan fingerprint density at radius 2 is 1.87 bits per heavy atom. The number of rotatable bonds is 2. The number of phenols is 3. The van der Waals surface area contributed by atoms with Gasteiger partial charge in [-0.25, -0.2) is 0 Å². The third-order valence-electron chi connectivity index (χ3n) is 1.66. The van der Waals surface area contributed by atoms with Gasteiger partial charge in [0.2, 0.25) is 11.5 Å². The van der Waals surface area contributed by atoms with E-state index in [2.05, 4.69) is 0 Å². The molecule has 0 heterocycles. The number of nitro groups is 1. The van der Waals surface area contributed by atoms with Gasteiger partial charge in [0.15, 0.2) is 0 Å². The topological polar surface area (TPSA) is 147 Å². The lowest BCUT2D eigenvalue weighted by Crippen LogP contribution is -2.12. The van der Waals surface area contributed by atoms with Crippen LogP contribution in [0, 0.1) is 10.1 Å². The number of nitrogens with two attached hydrogens (primary N) is 1. The van der Waals surface area contributed by atoms with Gasteiger partial charge < -0.3 is 21.1 Å². The van der Waals surface area contributed by atoms with Crippen LogP contribution >= 0.6 is 0 Å². The summed E-state index contributed by atoms with van der Waals surface area (Å²) in [6.45, 7) is 0. The Balaban J connectivity index is 3.64. The van der Waals surface area contributed by atoms with E-state index in [1.165, 1.54) is 0 Å². The maximum Gasteiger partial charge on any atom is 0.353 e. The summed E-state index contributed by atoms with van der Waals surface area (Å²) in [7, 11) is 0. The highest BCUT2D eigenvalue weighted by Gasteiger charge is 2.28. The Bertz CT molecular complexity index is 417. The number of hydrogen-bond donors (Lipinski definition) is 4. The number of phenolic OH excluding ortho intramolecular Hbond substituents is 1. The lowest BCUT2D eigenvalue weighted by atomic mass is 10.1. The molecule has 1 aromatic rings. The molecule has 80 valence electrons. The standard InChI is InChI=1S/C7H6N2O6/c8-7(13)4-2(10)1-3(11)5(6(4)12)9(14)15/h1,10-12H,(H2,8,13). The van der Waals surface area contributed by atoms with Crippen LogP contribution in [0.5, 0.6) is 17.2 Å². The zero-order valence-corrected chi connectivity index (χ0v) is 7.17. The highest BCUT2D eigenvalue weighted by Crippen LogP contribution is 2.42. The minimum Gasteiger partial charge on any atom is -0.507 e. The molecule has 8 nitrogen and oxygen atoms in total. The van der Waals surface area contributed by atoms with Crippen LogP contribution in [0.25, 0.3) is 0 Å². The molecule has 1 amide bonds. The molecule has 0 aliphatic carbocycles. The summed E-state index contributed by atoms with van der Waals surface area (Å²) in [4.78, 5) is 20.0. The Labute approximate surface area is 82.3 Å². The first-order valence-corrected chi connectivity index (χ1v) is 3.58. The van der Waals surface area contributed by atoms with Crippen LogP contribution in [-0.4, -0.2) is 26.2 Å². The average molecular weight is 214 g/mol. The van der Waals surface area contributed by atoms with Crippen LogP contribution in [0.1, 0.15) is 10.4 Å². The first-order valence-electron chi connectivity index (χ1n) is 3.58.